The molecule has 0 saturated carbocycles. The van der Waals surface area contributed by atoms with Crippen LogP contribution in [0, 0.1) is 0 Å². The molecule has 0 bridgehead atoms. The van der Waals surface area contributed by atoms with Gasteiger partial charge in [-0.3, -0.25) is 18.9 Å². The SMILES string of the molecule is C=Cn1c(=NC)ccn(CC(=O)OCC)c1=O. The van der Waals surface area contributed by atoms with Crippen molar-refractivity contribution in [2.75, 3.05) is 13.7 Å². The van der Waals surface area contributed by atoms with Crippen molar-refractivity contribution in [3.63, 3.8) is 0 Å². The number of rotatable bonds is 4. The third-order valence-electron chi connectivity index (χ3n) is 2.12. The highest BCUT2D eigenvalue weighted by Gasteiger charge is 2.06. The van der Waals surface area contributed by atoms with E-state index in [0.29, 0.717) is 5.49 Å². The first kappa shape index (κ1) is 13.0. The third kappa shape index (κ3) is 2.93. The predicted octanol–water partition coefficient (Wildman–Crippen LogP) is -0.156. The van der Waals surface area contributed by atoms with Crippen LogP contribution < -0.4 is 11.2 Å². The molecule has 0 fully saturated rings. The second-order valence-electron chi connectivity index (χ2n) is 3.17. The summed E-state index contributed by atoms with van der Waals surface area (Å²) in [6, 6.07) is 1.63. The third-order valence-corrected chi connectivity index (χ3v) is 2.12. The summed E-state index contributed by atoms with van der Waals surface area (Å²) in [6.45, 7) is 5.41. The number of hydrogen-bond donors (Lipinski definition) is 0. The van der Waals surface area contributed by atoms with Gasteiger partial charge in [-0.1, -0.05) is 6.58 Å². The van der Waals surface area contributed by atoms with Gasteiger partial charge in [-0.15, -0.1) is 0 Å². The number of carbonyl (C=O) groups excluding carboxylic acids is 1. The van der Waals surface area contributed by atoms with Crippen molar-refractivity contribution in [3.8, 4) is 0 Å². The van der Waals surface area contributed by atoms with Gasteiger partial charge in [0.25, 0.3) is 0 Å². The Morgan fingerprint density at radius 3 is 2.88 bits per heavy atom. The van der Waals surface area contributed by atoms with Crippen LogP contribution in [0.3, 0.4) is 0 Å². The number of esters is 1. The Balaban J connectivity index is 3.17. The lowest BCUT2D eigenvalue weighted by atomic mass is 10.5. The maximum Gasteiger partial charge on any atom is 0.334 e. The average Bonchev–Trinajstić information content (AvgIpc) is 2.31. The zero-order valence-electron chi connectivity index (χ0n) is 9.92. The molecule has 1 heterocycles. The Bertz CT molecular complexity index is 540. The van der Waals surface area contributed by atoms with Crippen molar-refractivity contribution in [3.05, 3.63) is 34.8 Å². The van der Waals surface area contributed by atoms with Crippen molar-refractivity contribution in [2.24, 2.45) is 4.99 Å². The van der Waals surface area contributed by atoms with Crippen LogP contribution in [0.4, 0.5) is 0 Å². The Hall–Kier alpha value is -2.11. The number of hydrogen-bond acceptors (Lipinski definition) is 4. The zero-order chi connectivity index (χ0) is 12.8. The molecule has 0 unspecified atom stereocenters. The standard InChI is InChI=1S/C11H15N3O3/c1-4-14-9(12-3)6-7-13(11(14)16)8-10(15)17-5-2/h4,6-7H,1,5,8H2,2-3H3. The molecule has 0 aliphatic carbocycles. The van der Waals surface area contributed by atoms with Crippen molar-refractivity contribution in [1.29, 1.82) is 0 Å². The van der Waals surface area contributed by atoms with Crippen LogP contribution in [-0.4, -0.2) is 28.8 Å². The molecular formula is C11H15N3O3. The van der Waals surface area contributed by atoms with Crippen LogP contribution in [0.15, 0.2) is 28.6 Å². The number of ether oxygens (including phenoxy) is 1. The van der Waals surface area contributed by atoms with E-state index in [1.807, 2.05) is 0 Å². The molecule has 6 nitrogen and oxygen atoms in total. The van der Waals surface area contributed by atoms with Crippen LogP contribution in [0.25, 0.3) is 6.20 Å². The van der Waals surface area contributed by atoms with Crippen molar-refractivity contribution in [1.82, 2.24) is 9.13 Å². The van der Waals surface area contributed by atoms with E-state index in [0.717, 1.165) is 0 Å². The first-order valence-corrected chi connectivity index (χ1v) is 5.17. The minimum Gasteiger partial charge on any atom is -0.465 e. The second kappa shape index (κ2) is 5.83. The molecule has 0 N–H and O–H groups in total. The Labute approximate surface area is 98.5 Å². The van der Waals surface area contributed by atoms with Crippen LogP contribution in [-0.2, 0) is 16.1 Å². The van der Waals surface area contributed by atoms with Crippen LogP contribution in [0.2, 0.25) is 0 Å². The van der Waals surface area contributed by atoms with Crippen molar-refractivity contribution in [2.45, 2.75) is 13.5 Å². The topological polar surface area (TPSA) is 65.6 Å². The molecule has 1 aromatic heterocycles. The van der Waals surface area contributed by atoms with Gasteiger partial charge in [-0.25, -0.2) is 4.79 Å². The molecule has 0 radical (unpaired) electrons. The van der Waals surface area contributed by atoms with Gasteiger partial charge in [0.2, 0.25) is 0 Å². The molecule has 1 aromatic rings. The minimum absolute atomic E-state index is 0.121. The summed E-state index contributed by atoms with van der Waals surface area (Å²) in [5.74, 6) is -0.452. The minimum atomic E-state index is -0.452. The first-order valence-electron chi connectivity index (χ1n) is 5.17. The zero-order valence-corrected chi connectivity index (χ0v) is 9.92. The van der Waals surface area contributed by atoms with Gasteiger partial charge >= 0.3 is 11.7 Å². The van der Waals surface area contributed by atoms with E-state index in [1.165, 1.54) is 21.5 Å². The van der Waals surface area contributed by atoms with E-state index in [-0.39, 0.29) is 18.8 Å². The fraction of sp³-hybridized carbons (Fsp3) is 0.364. The number of nitrogens with zero attached hydrogens (tertiary/aromatic N) is 3. The Morgan fingerprint density at radius 1 is 1.65 bits per heavy atom. The summed E-state index contributed by atoms with van der Waals surface area (Å²) in [5.41, 5.74) is 0.0984. The molecule has 0 aliphatic rings. The lowest BCUT2D eigenvalue weighted by Gasteiger charge is -2.07. The van der Waals surface area contributed by atoms with Gasteiger partial charge in [0, 0.05) is 19.4 Å². The second-order valence-corrected chi connectivity index (χ2v) is 3.17. The molecular weight excluding hydrogens is 222 g/mol. The van der Waals surface area contributed by atoms with E-state index in [2.05, 4.69) is 11.6 Å². The largest absolute Gasteiger partial charge is 0.465 e. The number of carbonyl (C=O) groups is 1. The fourth-order valence-electron chi connectivity index (χ4n) is 1.36. The van der Waals surface area contributed by atoms with Crippen LogP contribution in [0.5, 0.6) is 0 Å². The lowest BCUT2D eigenvalue weighted by molar-refractivity contribution is -0.143. The molecule has 17 heavy (non-hydrogen) atoms. The predicted molar refractivity (Wildman–Crippen MR) is 63.2 cm³/mol. The molecule has 0 spiro atoms. The van der Waals surface area contributed by atoms with E-state index in [1.54, 1.807) is 20.0 Å². The normalized spacial score (nSPS) is 11.3. The van der Waals surface area contributed by atoms with Gasteiger partial charge in [0.1, 0.15) is 12.0 Å². The maximum absolute atomic E-state index is 11.9. The molecule has 0 atom stereocenters. The van der Waals surface area contributed by atoms with E-state index >= 15 is 0 Å². The quantitative estimate of drug-likeness (QED) is 0.684. The Kier molecular flexibility index (Phi) is 4.45. The molecule has 1 rings (SSSR count). The molecule has 0 aromatic carbocycles. The van der Waals surface area contributed by atoms with E-state index < -0.39 is 5.97 Å². The summed E-state index contributed by atoms with van der Waals surface area (Å²) in [5, 5.41) is 0. The van der Waals surface area contributed by atoms with E-state index in [4.69, 9.17) is 4.74 Å². The smallest absolute Gasteiger partial charge is 0.334 e. The first-order chi connectivity index (χ1) is 8.13. The van der Waals surface area contributed by atoms with Gasteiger partial charge in [-0.2, -0.15) is 0 Å². The average molecular weight is 237 g/mol. The number of aromatic nitrogens is 2. The summed E-state index contributed by atoms with van der Waals surface area (Å²) in [6.07, 6.45) is 2.86. The monoisotopic (exact) mass is 237 g/mol. The molecule has 0 amide bonds. The van der Waals surface area contributed by atoms with Crippen molar-refractivity contribution >= 4 is 12.2 Å². The van der Waals surface area contributed by atoms with Gasteiger partial charge in [-0.05, 0) is 13.0 Å². The summed E-state index contributed by atoms with van der Waals surface area (Å²) >= 11 is 0. The summed E-state index contributed by atoms with van der Waals surface area (Å²) < 4.78 is 7.28. The van der Waals surface area contributed by atoms with Gasteiger partial charge in [0.15, 0.2) is 0 Å². The fourth-order valence-corrected chi connectivity index (χ4v) is 1.36. The lowest BCUT2D eigenvalue weighted by Crippen LogP contribution is -2.38. The molecule has 0 saturated heterocycles. The van der Waals surface area contributed by atoms with Crippen LogP contribution in [0.1, 0.15) is 6.92 Å². The van der Waals surface area contributed by atoms with Gasteiger partial charge < -0.3 is 4.74 Å². The summed E-state index contributed by atoms with van der Waals surface area (Å²) in [7, 11) is 1.57. The molecule has 6 heteroatoms. The molecule has 92 valence electrons. The molecule has 0 aliphatic heterocycles. The highest BCUT2D eigenvalue weighted by molar-refractivity contribution is 5.69. The van der Waals surface area contributed by atoms with Crippen molar-refractivity contribution < 1.29 is 9.53 Å². The van der Waals surface area contributed by atoms with Gasteiger partial charge in [0.05, 0.1) is 6.61 Å². The Morgan fingerprint density at radius 2 is 2.35 bits per heavy atom. The highest BCUT2D eigenvalue weighted by atomic mass is 16.5. The van der Waals surface area contributed by atoms with Crippen LogP contribution >= 0.6 is 0 Å². The summed E-state index contributed by atoms with van der Waals surface area (Å²) in [4.78, 5) is 27.1. The maximum atomic E-state index is 11.9. The highest BCUT2D eigenvalue weighted by Crippen LogP contribution is 1.85. The van der Waals surface area contributed by atoms with E-state index in [9.17, 15) is 9.59 Å².